The Morgan fingerprint density at radius 3 is 2.39 bits per heavy atom. The van der Waals surface area contributed by atoms with Crippen LogP contribution in [-0.4, -0.2) is 25.0 Å². The van der Waals surface area contributed by atoms with Crippen molar-refractivity contribution in [3.8, 4) is 0 Å². The number of thioether (sulfide) groups is 1. The number of benzene rings is 2. The molecule has 1 aliphatic heterocycles. The Morgan fingerprint density at radius 2 is 1.70 bits per heavy atom. The molecule has 1 fully saturated rings. The van der Waals surface area contributed by atoms with Gasteiger partial charge in [0.25, 0.3) is 0 Å². The number of rotatable bonds is 4. The Morgan fingerprint density at radius 1 is 1.04 bits per heavy atom. The van der Waals surface area contributed by atoms with Crippen LogP contribution in [0.25, 0.3) is 0 Å². The number of hydrogen-bond donors (Lipinski definition) is 0. The fraction of sp³-hybridized carbons (Fsp3) is 0.400. The predicted octanol–water partition coefficient (Wildman–Crippen LogP) is 4.99. The van der Waals surface area contributed by atoms with Gasteiger partial charge in [-0.1, -0.05) is 42.5 Å². The fourth-order valence-corrected chi connectivity index (χ4v) is 4.84. The highest BCUT2D eigenvalue weighted by atomic mass is 32.2. The van der Waals surface area contributed by atoms with E-state index in [-0.39, 0.29) is 10.6 Å². The van der Waals surface area contributed by atoms with Crippen LogP contribution in [0.15, 0.2) is 48.5 Å². The van der Waals surface area contributed by atoms with Crippen LogP contribution < -0.4 is 0 Å². The first-order valence-corrected chi connectivity index (χ1v) is 9.21. The molecule has 1 nitrogen and oxygen atoms in total. The molecule has 0 N–H and O–H groups in total. The minimum atomic E-state index is -0.111. The average Bonchev–Trinajstić information content (AvgIpc) is 2.57. The molecular weight excluding hydrogens is 305 g/mol. The molecular formula is C20H24FNS. The first-order chi connectivity index (χ1) is 11.1. The zero-order valence-electron chi connectivity index (χ0n) is 13.9. The number of piperidine rings is 1. The van der Waals surface area contributed by atoms with E-state index in [9.17, 15) is 4.39 Å². The molecule has 0 saturated carbocycles. The number of halogens is 1. The SMILES string of the molecule is Cc1ccccc1CSC1(c2ccccc2F)CCN(C)CC1. The third kappa shape index (κ3) is 3.61. The minimum Gasteiger partial charge on any atom is -0.306 e. The van der Waals surface area contributed by atoms with Crippen molar-refractivity contribution in [2.24, 2.45) is 0 Å². The van der Waals surface area contributed by atoms with Crippen LogP contribution in [-0.2, 0) is 10.5 Å². The summed E-state index contributed by atoms with van der Waals surface area (Å²) in [5, 5.41) is 0. The standard InChI is InChI=1S/C20H24FNS/c1-16-7-3-4-8-17(16)15-23-20(11-13-22(2)14-12-20)18-9-5-6-10-19(18)21/h3-10H,11-15H2,1-2H3. The van der Waals surface area contributed by atoms with E-state index in [2.05, 4.69) is 43.1 Å². The topological polar surface area (TPSA) is 3.24 Å². The lowest BCUT2D eigenvalue weighted by molar-refractivity contribution is 0.237. The molecule has 0 amide bonds. The van der Waals surface area contributed by atoms with Gasteiger partial charge in [-0.3, -0.25) is 0 Å². The molecule has 0 bridgehead atoms. The monoisotopic (exact) mass is 329 g/mol. The van der Waals surface area contributed by atoms with Crippen molar-refractivity contribution in [1.82, 2.24) is 4.90 Å². The molecule has 0 spiro atoms. The van der Waals surface area contributed by atoms with Crippen molar-refractivity contribution in [3.63, 3.8) is 0 Å². The average molecular weight is 329 g/mol. The van der Waals surface area contributed by atoms with Gasteiger partial charge in [-0.2, -0.15) is 0 Å². The van der Waals surface area contributed by atoms with Gasteiger partial charge in [-0.05, 0) is 57.1 Å². The van der Waals surface area contributed by atoms with Crippen molar-refractivity contribution in [3.05, 3.63) is 71.0 Å². The third-order valence-electron chi connectivity index (χ3n) is 4.92. The molecule has 2 aromatic rings. The summed E-state index contributed by atoms with van der Waals surface area (Å²) in [6.45, 7) is 4.20. The lowest BCUT2D eigenvalue weighted by atomic mass is 9.88. The van der Waals surface area contributed by atoms with Crippen LogP contribution in [0.5, 0.6) is 0 Å². The molecule has 0 radical (unpaired) electrons. The van der Waals surface area contributed by atoms with E-state index < -0.39 is 0 Å². The molecule has 0 unspecified atom stereocenters. The van der Waals surface area contributed by atoms with Gasteiger partial charge in [0.2, 0.25) is 0 Å². The second kappa shape index (κ2) is 7.06. The maximum absolute atomic E-state index is 14.5. The van der Waals surface area contributed by atoms with Crippen LogP contribution in [0, 0.1) is 12.7 Å². The lowest BCUT2D eigenvalue weighted by Gasteiger charge is -2.41. The number of nitrogens with zero attached hydrogens (tertiary/aromatic N) is 1. The van der Waals surface area contributed by atoms with Crippen molar-refractivity contribution in [2.45, 2.75) is 30.3 Å². The van der Waals surface area contributed by atoms with Gasteiger partial charge in [-0.15, -0.1) is 11.8 Å². The molecule has 0 atom stereocenters. The van der Waals surface area contributed by atoms with Crippen LogP contribution in [0.4, 0.5) is 4.39 Å². The fourth-order valence-electron chi connectivity index (χ4n) is 3.29. The highest BCUT2D eigenvalue weighted by Crippen LogP contribution is 2.47. The Kier molecular flexibility index (Phi) is 5.08. The van der Waals surface area contributed by atoms with Crippen molar-refractivity contribution >= 4 is 11.8 Å². The summed E-state index contributed by atoms with van der Waals surface area (Å²) in [6.07, 6.45) is 2.00. The minimum absolute atomic E-state index is 0.0608. The molecule has 3 rings (SSSR count). The van der Waals surface area contributed by atoms with Crippen LogP contribution in [0.1, 0.15) is 29.5 Å². The predicted molar refractivity (Wildman–Crippen MR) is 97.3 cm³/mol. The van der Waals surface area contributed by atoms with Crippen LogP contribution >= 0.6 is 11.8 Å². The lowest BCUT2D eigenvalue weighted by Crippen LogP contribution is -2.39. The van der Waals surface area contributed by atoms with Crippen LogP contribution in [0.3, 0.4) is 0 Å². The molecule has 23 heavy (non-hydrogen) atoms. The van der Waals surface area contributed by atoms with Crippen molar-refractivity contribution < 1.29 is 4.39 Å². The molecule has 3 heteroatoms. The van der Waals surface area contributed by atoms with Gasteiger partial charge in [0.1, 0.15) is 5.82 Å². The number of likely N-dealkylation sites (tertiary alicyclic amines) is 1. The second-order valence-corrected chi connectivity index (χ2v) is 7.85. The zero-order chi connectivity index (χ0) is 16.3. The second-order valence-electron chi connectivity index (χ2n) is 6.49. The van der Waals surface area contributed by atoms with Gasteiger partial charge in [0.05, 0.1) is 0 Å². The molecule has 1 heterocycles. The normalized spacial score (nSPS) is 18.0. The van der Waals surface area contributed by atoms with Crippen molar-refractivity contribution in [1.29, 1.82) is 0 Å². The van der Waals surface area contributed by atoms with Crippen molar-refractivity contribution in [2.75, 3.05) is 20.1 Å². The number of hydrogen-bond acceptors (Lipinski definition) is 2. The summed E-state index contributed by atoms with van der Waals surface area (Å²) >= 11 is 1.91. The Bertz CT molecular complexity index is 662. The van der Waals surface area contributed by atoms with Gasteiger partial charge in [-0.25, -0.2) is 4.39 Å². The largest absolute Gasteiger partial charge is 0.306 e. The van der Waals surface area contributed by atoms with E-state index in [0.717, 1.165) is 37.2 Å². The molecule has 0 aliphatic carbocycles. The number of aryl methyl sites for hydroxylation is 1. The maximum Gasteiger partial charge on any atom is 0.127 e. The van der Waals surface area contributed by atoms with Crippen LogP contribution in [0.2, 0.25) is 0 Å². The summed E-state index contributed by atoms with van der Waals surface area (Å²) in [7, 11) is 2.15. The van der Waals surface area contributed by atoms with E-state index in [0.29, 0.717) is 0 Å². The van der Waals surface area contributed by atoms with E-state index >= 15 is 0 Å². The van der Waals surface area contributed by atoms with E-state index in [1.54, 1.807) is 12.1 Å². The summed E-state index contributed by atoms with van der Waals surface area (Å²) in [4.78, 5) is 2.34. The quantitative estimate of drug-likeness (QED) is 0.777. The summed E-state index contributed by atoms with van der Waals surface area (Å²) in [5.41, 5.74) is 3.55. The summed E-state index contributed by atoms with van der Waals surface area (Å²) in [6, 6.07) is 15.8. The molecule has 1 saturated heterocycles. The highest BCUT2D eigenvalue weighted by Gasteiger charge is 2.37. The maximum atomic E-state index is 14.5. The Balaban J connectivity index is 1.87. The first-order valence-electron chi connectivity index (χ1n) is 8.23. The first kappa shape index (κ1) is 16.5. The third-order valence-corrected chi connectivity index (χ3v) is 6.56. The zero-order valence-corrected chi connectivity index (χ0v) is 14.7. The Labute approximate surface area is 142 Å². The van der Waals surface area contributed by atoms with Gasteiger partial charge in [0.15, 0.2) is 0 Å². The van der Waals surface area contributed by atoms with E-state index in [4.69, 9.17) is 0 Å². The molecule has 1 aliphatic rings. The molecule has 0 aromatic heterocycles. The smallest absolute Gasteiger partial charge is 0.127 e. The van der Waals surface area contributed by atoms with E-state index in [1.165, 1.54) is 11.1 Å². The van der Waals surface area contributed by atoms with Gasteiger partial charge < -0.3 is 4.90 Å². The van der Waals surface area contributed by atoms with Gasteiger partial charge in [0, 0.05) is 16.1 Å². The Hall–Kier alpha value is -1.32. The van der Waals surface area contributed by atoms with Gasteiger partial charge >= 0.3 is 0 Å². The molecule has 2 aromatic carbocycles. The highest BCUT2D eigenvalue weighted by molar-refractivity contribution is 7.99. The summed E-state index contributed by atoms with van der Waals surface area (Å²) in [5.74, 6) is 0.874. The van der Waals surface area contributed by atoms with E-state index in [1.807, 2.05) is 23.9 Å². The summed E-state index contributed by atoms with van der Waals surface area (Å²) < 4.78 is 14.4. The molecule has 122 valence electrons.